The summed E-state index contributed by atoms with van der Waals surface area (Å²) in [5.74, 6) is -1.48. The molecule has 2 aliphatic carbocycles. The highest BCUT2D eigenvalue weighted by atomic mass is 16.5. The molecule has 0 spiro atoms. The van der Waals surface area contributed by atoms with Crippen LogP contribution in [-0.4, -0.2) is 55.2 Å². The lowest BCUT2D eigenvalue weighted by molar-refractivity contribution is -0.128. The number of hydrogen-bond donors (Lipinski definition) is 0. The van der Waals surface area contributed by atoms with E-state index in [0.29, 0.717) is 30.4 Å². The third-order valence-corrected chi connectivity index (χ3v) is 12.1. The van der Waals surface area contributed by atoms with Gasteiger partial charge in [-0.1, -0.05) is 66.5 Å². The number of aryl methyl sites for hydroxylation is 4. The first-order valence-electron chi connectivity index (χ1n) is 20.4. The number of fused-ring (bicyclic) bond motifs is 2. The minimum atomic E-state index is -0.768. The Bertz CT molecular complexity index is 1910. The molecule has 2 amide bonds. The molecule has 0 aromatic heterocycles. The molecule has 0 saturated carbocycles. The maximum atomic E-state index is 14.5. The van der Waals surface area contributed by atoms with Crippen LogP contribution in [0.3, 0.4) is 0 Å². The van der Waals surface area contributed by atoms with Crippen molar-refractivity contribution in [2.24, 2.45) is 11.3 Å². The predicted octanol–water partition coefficient (Wildman–Crippen LogP) is 9.25. The zero-order valence-electron chi connectivity index (χ0n) is 34.1. The molecular formula is C47H60N2O6. The van der Waals surface area contributed by atoms with E-state index in [9.17, 15) is 19.2 Å². The van der Waals surface area contributed by atoms with Crippen LogP contribution in [0, 0.1) is 11.3 Å². The van der Waals surface area contributed by atoms with E-state index >= 15 is 0 Å². The normalized spacial score (nSPS) is 16.6. The number of methoxy groups -OCH3 is 1. The van der Waals surface area contributed by atoms with Crippen molar-refractivity contribution in [1.29, 1.82) is 0 Å². The quantitative estimate of drug-likeness (QED) is 0.0938. The van der Waals surface area contributed by atoms with Crippen molar-refractivity contribution in [3.05, 3.63) is 87.5 Å². The third kappa shape index (κ3) is 9.16. The number of ether oxygens (including phenoxy) is 2. The van der Waals surface area contributed by atoms with Crippen LogP contribution in [-0.2, 0) is 40.7 Å². The van der Waals surface area contributed by atoms with Gasteiger partial charge < -0.3 is 14.4 Å². The zero-order valence-corrected chi connectivity index (χ0v) is 34.1. The Morgan fingerprint density at radius 3 is 1.65 bits per heavy atom. The third-order valence-electron chi connectivity index (χ3n) is 12.1. The van der Waals surface area contributed by atoms with E-state index in [4.69, 9.17) is 9.47 Å². The van der Waals surface area contributed by atoms with E-state index < -0.39 is 23.4 Å². The number of nitrogens with zero attached hydrogens (tertiary/aromatic N) is 2. The van der Waals surface area contributed by atoms with E-state index in [0.717, 1.165) is 105 Å². The lowest BCUT2D eigenvalue weighted by Gasteiger charge is -2.38. The molecule has 0 atom stereocenters. The molecule has 3 aliphatic rings. The highest BCUT2D eigenvalue weighted by molar-refractivity contribution is 6.47. The fourth-order valence-electron chi connectivity index (χ4n) is 8.49. The first-order chi connectivity index (χ1) is 26.2. The van der Waals surface area contributed by atoms with Crippen molar-refractivity contribution in [3.8, 4) is 11.5 Å². The molecule has 0 N–H and O–H groups in total. The van der Waals surface area contributed by atoms with Crippen molar-refractivity contribution >= 4 is 29.1 Å². The number of carbonyl (C=O) groups excluding carboxylic acids is 4. The fraction of sp³-hybridized carbons (Fsp3) is 0.532. The molecular weight excluding hydrogens is 689 g/mol. The van der Waals surface area contributed by atoms with Gasteiger partial charge in [0.05, 0.1) is 18.2 Å². The minimum absolute atomic E-state index is 0.124. The molecule has 1 saturated heterocycles. The first-order valence-corrected chi connectivity index (χ1v) is 20.4. The van der Waals surface area contributed by atoms with E-state index in [1.165, 1.54) is 12.0 Å². The standard InChI is InChI=1S/C47H60N2O6/c1-46(2,3)35-18-20-37(21-19-35)49(45(53)43(51)38-26-31-14-10-8-12-16-33(31)28-40(38)54-7)30-55-41-29-34-17-13-9-11-15-32(34)27-39(41)42(50)44(52)48-24-22-36(23-25-48)47(4,5)6/h18-21,26-29,36H,8-17,22-25,30H2,1-7H3. The second-order valence-electron chi connectivity index (χ2n) is 18.0. The van der Waals surface area contributed by atoms with Gasteiger partial charge in [-0.15, -0.1) is 0 Å². The van der Waals surface area contributed by atoms with Gasteiger partial charge in [0, 0.05) is 18.8 Å². The van der Waals surface area contributed by atoms with Crippen molar-refractivity contribution < 1.29 is 28.7 Å². The Hall–Kier alpha value is -4.46. The Kier molecular flexibility index (Phi) is 12.2. The van der Waals surface area contributed by atoms with Gasteiger partial charge in [-0.3, -0.25) is 24.1 Å². The molecule has 1 heterocycles. The number of piperidine rings is 1. The van der Waals surface area contributed by atoms with Crippen LogP contribution < -0.4 is 14.4 Å². The van der Waals surface area contributed by atoms with Gasteiger partial charge in [0.2, 0.25) is 0 Å². The molecule has 0 unspecified atom stereocenters. The van der Waals surface area contributed by atoms with Crippen molar-refractivity contribution in [1.82, 2.24) is 4.90 Å². The summed E-state index contributed by atoms with van der Waals surface area (Å²) in [6.07, 6.45) is 11.4. The number of carbonyl (C=O) groups is 4. The maximum Gasteiger partial charge on any atom is 0.302 e. The smallest absolute Gasteiger partial charge is 0.302 e. The molecule has 6 rings (SSSR count). The highest BCUT2D eigenvalue weighted by Crippen LogP contribution is 2.36. The molecule has 8 nitrogen and oxygen atoms in total. The first kappa shape index (κ1) is 40.2. The molecule has 8 heteroatoms. The summed E-state index contributed by atoms with van der Waals surface area (Å²) in [5.41, 5.74) is 6.39. The predicted molar refractivity (Wildman–Crippen MR) is 217 cm³/mol. The molecule has 1 aliphatic heterocycles. The summed E-state index contributed by atoms with van der Waals surface area (Å²) in [7, 11) is 1.52. The number of hydrogen-bond acceptors (Lipinski definition) is 6. The van der Waals surface area contributed by atoms with Gasteiger partial charge >= 0.3 is 5.91 Å². The lowest BCUT2D eigenvalue weighted by atomic mass is 9.75. The second-order valence-corrected chi connectivity index (χ2v) is 18.0. The number of rotatable bonds is 9. The average molecular weight is 749 g/mol. The Morgan fingerprint density at radius 1 is 0.673 bits per heavy atom. The van der Waals surface area contributed by atoms with E-state index in [1.807, 2.05) is 48.5 Å². The number of anilines is 1. The monoisotopic (exact) mass is 748 g/mol. The Balaban J connectivity index is 1.34. The van der Waals surface area contributed by atoms with Crippen LogP contribution in [0.2, 0.25) is 0 Å². The Labute approximate surface area is 328 Å². The molecule has 1 fully saturated rings. The SMILES string of the molecule is COc1cc2c(cc1C(=O)C(=O)N(COc1cc3c(cc1C(=O)C(=O)N1CCC(C(C)(C)C)CC1)CCCCC3)c1ccc(C(C)(C)C)cc1)CCCCC2. The Morgan fingerprint density at radius 2 is 1.16 bits per heavy atom. The molecule has 3 aromatic rings. The van der Waals surface area contributed by atoms with E-state index in [-0.39, 0.29) is 34.4 Å². The van der Waals surface area contributed by atoms with Gasteiger partial charge in [0.1, 0.15) is 11.5 Å². The van der Waals surface area contributed by atoms with Crippen LogP contribution >= 0.6 is 0 Å². The molecule has 55 heavy (non-hydrogen) atoms. The van der Waals surface area contributed by atoms with Gasteiger partial charge in [-0.25, -0.2) is 0 Å². The summed E-state index contributed by atoms with van der Waals surface area (Å²) in [5, 5.41) is 0. The summed E-state index contributed by atoms with van der Waals surface area (Å²) in [6.45, 7) is 13.8. The number of benzene rings is 3. The topological polar surface area (TPSA) is 93.2 Å². The zero-order chi connectivity index (χ0) is 39.5. The van der Waals surface area contributed by atoms with Crippen molar-refractivity contribution in [3.63, 3.8) is 0 Å². The van der Waals surface area contributed by atoms with Gasteiger partial charge in [0.25, 0.3) is 17.5 Å². The summed E-state index contributed by atoms with van der Waals surface area (Å²) in [6, 6.07) is 15.1. The highest BCUT2D eigenvalue weighted by Gasteiger charge is 2.35. The van der Waals surface area contributed by atoms with Crippen molar-refractivity contribution in [2.75, 3.05) is 31.8 Å². The number of amides is 2. The molecule has 0 bridgehead atoms. The fourth-order valence-corrected chi connectivity index (χ4v) is 8.49. The molecule has 294 valence electrons. The summed E-state index contributed by atoms with van der Waals surface area (Å²) < 4.78 is 12.2. The average Bonchev–Trinajstić information content (AvgIpc) is 3.55. The second kappa shape index (κ2) is 16.7. The maximum absolute atomic E-state index is 14.5. The van der Waals surface area contributed by atoms with E-state index in [1.54, 1.807) is 4.90 Å². The van der Waals surface area contributed by atoms with Gasteiger partial charge in [0.15, 0.2) is 6.73 Å². The summed E-state index contributed by atoms with van der Waals surface area (Å²) >= 11 is 0. The van der Waals surface area contributed by atoms with Crippen LogP contribution in [0.15, 0.2) is 48.5 Å². The van der Waals surface area contributed by atoms with E-state index in [2.05, 4.69) is 41.5 Å². The molecule has 0 radical (unpaired) electrons. The van der Waals surface area contributed by atoms with Crippen molar-refractivity contribution in [2.45, 2.75) is 124 Å². The van der Waals surface area contributed by atoms with Crippen LogP contribution in [0.1, 0.15) is 141 Å². The number of ketones is 2. The lowest BCUT2D eigenvalue weighted by Crippen LogP contribution is -2.44. The number of Topliss-reactive ketones (excluding diaryl/α,β-unsaturated/α-hetero) is 2. The van der Waals surface area contributed by atoms with Crippen LogP contribution in [0.25, 0.3) is 0 Å². The van der Waals surface area contributed by atoms with Gasteiger partial charge in [-0.05, 0) is 145 Å². The number of likely N-dealkylation sites (tertiary alicyclic amines) is 1. The van der Waals surface area contributed by atoms with Crippen LogP contribution in [0.4, 0.5) is 5.69 Å². The minimum Gasteiger partial charge on any atom is -0.496 e. The largest absolute Gasteiger partial charge is 0.496 e. The molecule has 3 aromatic carbocycles. The van der Waals surface area contributed by atoms with Crippen LogP contribution in [0.5, 0.6) is 11.5 Å². The summed E-state index contributed by atoms with van der Waals surface area (Å²) in [4.78, 5) is 59.8. The van der Waals surface area contributed by atoms with Gasteiger partial charge in [-0.2, -0.15) is 0 Å².